The van der Waals surface area contributed by atoms with E-state index in [-0.39, 0.29) is 11.7 Å². The number of thioether (sulfide) groups is 1. The highest BCUT2D eigenvalue weighted by Gasteiger charge is 2.14. The first-order valence-corrected chi connectivity index (χ1v) is 9.31. The summed E-state index contributed by atoms with van der Waals surface area (Å²) in [6, 6.07) is 15.1. The number of carbonyl (C=O) groups is 1. The lowest BCUT2D eigenvalue weighted by molar-refractivity contribution is -0.118. The van der Waals surface area contributed by atoms with Gasteiger partial charge in [0.2, 0.25) is 11.1 Å². The lowest BCUT2D eigenvalue weighted by Crippen LogP contribution is -2.25. The van der Waals surface area contributed by atoms with Crippen LogP contribution in [0.2, 0.25) is 5.02 Å². The molecule has 0 saturated carbocycles. The van der Waals surface area contributed by atoms with Crippen molar-refractivity contribution in [3.8, 4) is 11.4 Å². The third-order valence-corrected chi connectivity index (χ3v) is 5.00. The number of halogens is 1. The van der Waals surface area contributed by atoms with Crippen LogP contribution in [0.4, 0.5) is 0 Å². The van der Waals surface area contributed by atoms with Gasteiger partial charge in [0.05, 0.1) is 5.75 Å². The van der Waals surface area contributed by atoms with Crippen LogP contribution < -0.4 is 11.2 Å². The van der Waals surface area contributed by atoms with Gasteiger partial charge in [0.25, 0.3) is 0 Å². The molecule has 0 spiro atoms. The summed E-state index contributed by atoms with van der Waals surface area (Å²) in [6.45, 7) is 2.51. The number of nitrogens with two attached hydrogens (primary N) is 1. The Morgan fingerprint density at radius 2 is 2.04 bits per heavy atom. The predicted octanol–water partition coefficient (Wildman–Crippen LogP) is 3.03. The highest BCUT2D eigenvalue weighted by atomic mass is 35.5. The molecule has 0 radical (unpaired) electrons. The van der Waals surface area contributed by atoms with E-state index in [0.29, 0.717) is 22.5 Å². The van der Waals surface area contributed by atoms with Gasteiger partial charge in [-0.1, -0.05) is 59.8 Å². The largest absolute Gasteiger partial charge is 0.351 e. The van der Waals surface area contributed by atoms with Gasteiger partial charge in [0, 0.05) is 17.1 Å². The Hall–Kier alpha value is -2.51. The average Bonchev–Trinajstić information content (AvgIpc) is 3.00. The van der Waals surface area contributed by atoms with E-state index in [1.54, 1.807) is 12.1 Å². The second kappa shape index (κ2) is 8.25. The van der Waals surface area contributed by atoms with E-state index in [9.17, 15) is 4.79 Å². The van der Waals surface area contributed by atoms with Gasteiger partial charge in [-0.2, -0.15) is 0 Å². The number of nitrogen functional groups attached to an aromatic ring is 1. The molecule has 0 aliphatic carbocycles. The number of aryl methyl sites for hydroxylation is 1. The monoisotopic (exact) mass is 387 g/mol. The van der Waals surface area contributed by atoms with E-state index in [1.807, 2.05) is 43.3 Å². The normalized spacial score (nSPS) is 10.7. The van der Waals surface area contributed by atoms with E-state index < -0.39 is 0 Å². The first-order chi connectivity index (χ1) is 12.5. The van der Waals surface area contributed by atoms with E-state index in [0.717, 1.165) is 16.7 Å². The summed E-state index contributed by atoms with van der Waals surface area (Å²) in [4.78, 5) is 12.1. The van der Waals surface area contributed by atoms with Gasteiger partial charge >= 0.3 is 0 Å². The van der Waals surface area contributed by atoms with Crippen LogP contribution in [0.25, 0.3) is 11.4 Å². The van der Waals surface area contributed by atoms with Gasteiger partial charge < -0.3 is 11.2 Å². The number of aromatic nitrogens is 3. The topological polar surface area (TPSA) is 85.8 Å². The fourth-order valence-corrected chi connectivity index (χ4v) is 3.26. The summed E-state index contributed by atoms with van der Waals surface area (Å²) >= 11 is 7.23. The number of benzene rings is 2. The van der Waals surface area contributed by atoms with E-state index in [4.69, 9.17) is 17.4 Å². The van der Waals surface area contributed by atoms with E-state index in [2.05, 4.69) is 15.5 Å². The molecule has 0 saturated heterocycles. The molecule has 1 aromatic heterocycles. The Morgan fingerprint density at radius 3 is 2.81 bits per heavy atom. The molecular formula is C18H18ClN5OS. The third-order valence-electron chi connectivity index (χ3n) is 3.82. The Labute approximate surface area is 160 Å². The van der Waals surface area contributed by atoms with Crippen molar-refractivity contribution in [2.24, 2.45) is 0 Å². The average molecular weight is 388 g/mol. The summed E-state index contributed by atoms with van der Waals surface area (Å²) < 4.78 is 1.37. The molecule has 0 atom stereocenters. The Morgan fingerprint density at radius 1 is 1.23 bits per heavy atom. The number of nitrogens with zero attached hydrogens (tertiary/aromatic N) is 3. The lowest BCUT2D eigenvalue weighted by atomic mass is 10.1. The zero-order valence-electron chi connectivity index (χ0n) is 14.1. The second-order valence-electron chi connectivity index (χ2n) is 5.68. The maximum atomic E-state index is 12.1. The molecule has 8 heteroatoms. The van der Waals surface area contributed by atoms with Crippen molar-refractivity contribution in [2.75, 3.05) is 11.6 Å². The molecule has 3 aromatic rings. The summed E-state index contributed by atoms with van der Waals surface area (Å²) in [5, 5.41) is 12.1. The van der Waals surface area contributed by atoms with Gasteiger partial charge in [0.1, 0.15) is 0 Å². The van der Waals surface area contributed by atoms with E-state index >= 15 is 0 Å². The number of hydrogen-bond acceptors (Lipinski definition) is 5. The van der Waals surface area contributed by atoms with Crippen LogP contribution in [0.1, 0.15) is 11.1 Å². The standard InChI is InChI=1S/C18H18ClN5OS/c1-12-5-2-3-6-14(12)10-21-16(25)11-26-18-23-22-17(24(18)20)13-7-4-8-15(19)9-13/h2-9H,10-11,20H2,1H3,(H,21,25). The smallest absolute Gasteiger partial charge is 0.230 e. The molecule has 1 amide bonds. The summed E-state index contributed by atoms with van der Waals surface area (Å²) in [6.07, 6.45) is 0. The van der Waals surface area contributed by atoms with Gasteiger partial charge in [-0.25, -0.2) is 4.68 Å². The minimum absolute atomic E-state index is 0.0921. The molecule has 3 rings (SSSR count). The highest BCUT2D eigenvalue weighted by molar-refractivity contribution is 7.99. The molecule has 1 heterocycles. The lowest BCUT2D eigenvalue weighted by Gasteiger charge is -2.08. The van der Waals surface area contributed by atoms with Crippen molar-refractivity contribution in [3.63, 3.8) is 0 Å². The minimum Gasteiger partial charge on any atom is -0.351 e. The number of nitrogens with one attached hydrogen (secondary N) is 1. The van der Waals surface area contributed by atoms with Crippen molar-refractivity contribution in [2.45, 2.75) is 18.6 Å². The molecule has 0 aliphatic rings. The van der Waals surface area contributed by atoms with Crippen molar-refractivity contribution in [3.05, 3.63) is 64.7 Å². The Balaban J connectivity index is 1.58. The molecule has 3 N–H and O–H groups in total. The minimum atomic E-state index is -0.0921. The highest BCUT2D eigenvalue weighted by Crippen LogP contribution is 2.23. The number of rotatable bonds is 6. The number of amides is 1. The predicted molar refractivity (Wildman–Crippen MR) is 104 cm³/mol. The second-order valence-corrected chi connectivity index (χ2v) is 7.06. The fourth-order valence-electron chi connectivity index (χ4n) is 2.38. The molecule has 2 aromatic carbocycles. The van der Waals surface area contributed by atoms with Gasteiger partial charge in [-0.05, 0) is 30.2 Å². The molecular weight excluding hydrogens is 370 g/mol. The first-order valence-electron chi connectivity index (χ1n) is 7.95. The van der Waals surface area contributed by atoms with Crippen molar-refractivity contribution >= 4 is 29.3 Å². The summed E-state index contributed by atoms with van der Waals surface area (Å²) in [5.41, 5.74) is 3.01. The van der Waals surface area contributed by atoms with Crippen LogP contribution in [0.5, 0.6) is 0 Å². The Bertz CT molecular complexity index is 927. The summed E-state index contributed by atoms with van der Waals surface area (Å²) in [7, 11) is 0. The van der Waals surface area contributed by atoms with Crippen LogP contribution in [-0.4, -0.2) is 26.5 Å². The van der Waals surface area contributed by atoms with E-state index in [1.165, 1.54) is 16.4 Å². The maximum Gasteiger partial charge on any atom is 0.230 e. The van der Waals surface area contributed by atoms with Gasteiger partial charge in [-0.15, -0.1) is 10.2 Å². The van der Waals surface area contributed by atoms with Gasteiger partial charge in [0.15, 0.2) is 5.82 Å². The number of hydrogen-bond donors (Lipinski definition) is 2. The zero-order chi connectivity index (χ0) is 18.5. The number of carbonyl (C=O) groups excluding carboxylic acids is 1. The van der Waals surface area contributed by atoms with Crippen molar-refractivity contribution in [1.29, 1.82) is 0 Å². The first kappa shape index (κ1) is 18.3. The van der Waals surface area contributed by atoms with Crippen molar-refractivity contribution in [1.82, 2.24) is 20.2 Å². The Kier molecular flexibility index (Phi) is 5.80. The summed E-state index contributed by atoms with van der Waals surface area (Å²) in [5.74, 6) is 6.66. The third kappa shape index (κ3) is 4.36. The van der Waals surface area contributed by atoms with Gasteiger partial charge in [-0.3, -0.25) is 4.79 Å². The van der Waals surface area contributed by atoms with Crippen LogP contribution in [0.15, 0.2) is 53.7 Å². The fraction of sp³-hybridized carbons (Fsp3) is 0.167. The maximum absolute atomic E-state index is 12.1. The zero-order valence-corrected chi connectivity index (χ0v) is 15.7. The molecule has 0 fully saturated rings. The van der Waals surface area contributed by atoms with Crippen LogP contribution in [0.3, 0.4) is 0 Å². The van der Waals surface area contributed by atoms with Crippen molar-refractivity contribution < 1.29 is 4.79 Å². The molecule has 6 nitrogen and oxygen atoms in total. The molecule has 134 valence electrons. The molecule has 0 aliphatic heterocycles. The molecule has 0 unspecified atom stereocenters. The molecule has 26 heavy (non-hydrogen) atoms. The van der Waals surface area contributed by atoms with Crippen LogP contribution in [0, 0.1) is 6.92 Å². The van der Waals surface area contributed by atoms with Crippen LogP contribution in [-0.2, 0) is 11.3 Å². The molecule has 0 bridgehead atoms. The quantitative estimate of drug-likeness (QED) is 0.501. The SMILES string of the molecule is Cc1ccccc1CNC(=O)CSc1nnc(-c2cccc(Cl)c2)n1N. The van der Waals surface area contributed by atoms with Crippen LogP contribution >= 0.6 is 23.4 Å².